The Morgan fingerprint density at radius 3 is 2.47 bits per heavy atom. The van der Waals surface area contributed by atoms with Crippen LogP contribution in [-0.2, 0) is 6.42 Å². The molecule has 0 heterocycles. The molecule has 0 aliphatic carbocycles. The molecule has 2 N–H and O–H groups in total. The van der Waals surface area contributed by atoms with Crippen LogP contribution in [0.4, 0.5) is 4.39 Å². The molecule has 0 aliphatic heterocycles. The monoisotopic (exact) mass is 259 g/mol. The minimum atomic E-state index is -0.341. The molecule has 0 fully saturated rings. The number of hydrogen-bond acceptors (Lipinski definition) is 2. The van der Waals surface area contributed by atoms with Crippen molar-refractivity contribution in [3.8, 4) is 5.75 Å². The smallest absolute Gasteiger partial charge is 0.165 e. The zero-order chi connectivity index (χ0) is 13.7. The fourth-order valence-electron chi connectivity index (χ4n) is 2.17. The highest BCUT2D eigenvalue weighted by atomic mass is 19.1. The zero-order valence-corrected chi connectivity index (χ0v) is 11.0. The lowest BCUT2D eigenvalue weighted by Crippen LogP contribution is -2.15. The third-order valence-electron chi connectivity index (χ3n) is 3.26. The summed E-state index contributed by atoms with van der Waals surface area (Å²) in [6.07, 6.45) is 0.809. The minimum absolute atomic E-state index is 0.114. The van der Waals surface area contributed by atoms with Gasteiger partial charge in [-0.05, 0) is 36.2 Å². The van der Waals surface area contributed by atoms with Gasteiger partial charge in [0.05, 0.1) is 7.11 Å². The Morgan fingerprint density at radius 1 is 1.16 bits per heavy atom. The van der Waals surface area contributed by atoms with Crippen LogP contribution in [0.1, 0.15) is 17.0 Å². The maximum absolute atomic E-state index is 13.7. The van der Waals surface area contributed by atoms with E-state index in [2.05, 4.69) is 12.1 Å². The molecule has 0 amide bonds. The van der Waals surface area contributed by atoms with Crippen LogP contribution in [0.25, 0.3) is 0 Å². The molecule has 100 valence electrons. The molecule has 0 saturated carbocycles. The van der Waals surface area contributed by atoms with Gasteiger partial charge in [0.2, 0.25) is 0 Å². The SMILES string of the molecule is COc1ccc(C(CN)Cc2ccccc2)cc1F. The summed E-state index contributed by atoms with van der Waals surface area (Å²) >= 11 is 0. The van der Waals surface area contributed by atoms with Gasteiger partial charge in [-0.15, -0.1) is 0 Å². The van der Waals surface area contributed by atoms with Gasteiger partial charge in [-0.3, -0.25) is 0 Å². The average Bonchev–Trinajstić information content (AvgIpc) is 2.46. The van der Waals surface area contributed by atoms with E-state index in [1.54, 1.807) is 6.07 Å². The zero-order valence-electron chi connectivity index (χ0n) is 11.0. The van der Waals surface area contributed by atoms with Gasteiger partial charge in [0.15, 0.2) is 11.6 Å². The number of methoxy groups -OCH3 is 1. The maximum atomic E-state index is 13.7. The molecular formula is C16H18FNO. The Labute approximate surface area is 113 Å². The Kier molecular flexibility index (Phi) is 4.53. The first-order valence-electron chi connectivity index (χ1n) is 6.32. The number of benzene rings is 2. The highest BCUT2D eigenvalue weighted by Crippen LogP contribution is 2.25. The van der Waals surface area contributed by atoms with Crippen LogP contribution < -0.4 is 10.5 Å². The van der Waals surface area contributed by atoms with Crippen LogP contribution in [0.15, 0.2) is 48.5 Å². The van der Waals surface area contributed by atoms with Gasteiger partial charge in [0.1, 0.15) is 0 Å². The van der Waals surface area contributed by atoms with Crippen molar-refractivity contribution in [2.45, 2.75) is 12.3 Å². The molecule has 1 atom stereocenters. The Morgan fingerprint density at radius 2 is 1.89 bits per heavy atom. The fraction of sp³-hybridized carbons (Fsp3) is 0.250. The number of nitrogens with two attached hydrogens (primary N) is 1. The highest BCUT2D eigenvalue weighted by molar-refractivity contribution is 5.32. The Hall–Kier alpha value is -1.87. The third-order valence-corrected chi connectivity index (χ3v) is 3.26. The largest absolute Gasteiger partial charge is 0.494 e. The normalized spacial score (nSPS) is 12.2. The molecule has 0 aliphatic rings. The van der Waals surface area contributed by atoms with Crippen molar-refractivity contribution < 1.29 is 9.13 Å². The molecule has 0 radical (unpaired) electrons. The lowest BCUT2D eigenvalue weighted by atomic mass is 9.92. The summed E-state index contributed by atoms with van der Waals surface area (Å²) in [6, 6.07) is 15.1. The van der Waals surface area contributed by atoms with Gasteiger partial charge in [-0.2, -0.15) is 0 Å². The van der Waals surface area contributed by atoms with Crippen molar-refractivity contribution in [2.24, 2.45) is 5.73 Å². The van der Waals surface area contributed by atoms with Crippen LogP contribution in [0.5, 0.6) is 5.75 Å². The highest BCUT2D eigenvalue weighted by Gasteiger charge is 2.13. The maximum Gasteiger partial charge on any atom is 0.165 e. The van der Waals surface area contributed by atoms with E-state index in [-0.39, 0.29) is 17.5 Å². The van der Waals surface area contributed by atoms with Crippen molar-refractivity contribution in [2.75, 3.05) is 13.7 Å². The second-order valence-electron chi connectivity index (χ2n) is 4.52. The Balaban J connectivity index is 2.20. The molecule has 3 heteroatoms. The first-order valence-corrected chi connectivity index (χ1v) is 6.32. The molecular weight excluding hydrogens is 241 g/mol. The second-order valence-corrected chi connectivity index (χ2v) is 4.52. The predicted molar refractivity (Wildman–Crippen MR) is 74.9 cm³/mol. The van der Waals surface area contributed by atoms with Crippen molar-refractivity contribution in [3.05, 3.63) is 65.5 Å². The number of ether oxygens (including phenoxy) is 1. The van der Waals surface area contributed by atoms with E-state index in [9.17, 15) is 4.39 Å². The summed E-state index contributed by atoms with van der Waals surface area (Å²) in [5.74, 6) is 0.0357. The van der Waals surface area contributed by atoms with Crippen molar-refractivity contribution in [1.82, 2.24) is 0 Å². The molecule has 2 aromatic carbocycles. The van der Waals surface area contributed by atoms with Gasteiger partial charge >= 0.3 is 0 Å². The van der Waals surface area contributed by atoms with E-state index in [1.807, 2.05) is 24.3 Å². The van der Waals surface area contributed by atoms with Gasteiger partial charge in [0.25, 0.3) is 0 Å². The van der Waals surface area contributed by atoms with E-state index >= 15 is 0 Å². The minimum Gasteiger partial charge on any atom is -0.494 e. The summed E-state index contributed by atoms with van der Waals surface area (Å²) in [5.41, 5.74) is 7.93. The summed E-state index contributed by atoms with van der Waals surface area (Å²) < 4.78 is 18.6. The van der Waals surface area contributed by atoms with Crippen LogP contribution in [0, 0.1) is 5.82 Å². The molecule has 0 saturated heterocycles. The lowest BCUT2D eigenvalue weighted by molar-refractivity contribution is 0.386. The van der Waals surface area contributed by atoms with Gasteiger partial charge < -0.3 is 10.5 Å². The van der Waals surface area contributed by atoms with Crippen LogP contribution in [0.3, 0.4) is 0 Å². The summed E-state index contributed by atoms with van der Waals surface area (Å²) in [7, 11) is 1.46. The summed E-state index contributed by atoms with van der Waals surface area (Å²) in [4.78, 5) is 0. The number of rotatable bonds is 5. The average molecular weight is 259 g/mol. The summed E-state index contributed by atoms with van der Waals surface area (Å²) in [6.45, 7) is 0.487. The summed E-state index contributed by atoms with van der Waals surface area (Å²) in [5, 5.41) is 0. The fourth-order valence-corrected chi connectivity index (χ4v) is 2.17. The van der Waals surface area contributed by atoms with E-state index in [0.29, 0.717) is 6.54 Å². The number of hydrogen-bond donors (Lipinski definition) is 1. The van der Waals surface area contributed by atoms with Gasteiger partial charge in [-0.25, -0.2) is 4.39 Å². The molecule has 0 bridgehead atoms. The first kappa shape index (κ1) is 13.6. The number of halogens is 1. The van der Waals surface area contributed by atoms with E-state index in [4.69, 9.17) is 10.5 Å². The van der Waals surface area contributed by atoms with Crippen LogP contribution in [0.2, 0.25) is 0 Å². The quantitative estimate of drug-likeness (QED) is 0.895. The molecule has 1 unspecified atom stereocenters. The van der Waals surface area contributed by atoms with Crippen molar-refractivity contribution >= 4 is 0 Å². The third kappa shape index (κ3) is 3.32. The predicted octanol–water partition coefficient (Wildman–Crippen LogP) is 3.12. The Bertz CT molecular complexity index is 528. The lowest BCUT2D eigenvalue weighted by Gasteiger charge is -2.16. The van der Waals surface area contributed by atoms with Crippen molar-refractivity contribution in [3.63, 3.8) is 0 Å². The van der Waals surface area contributed by atoms with E-state index in [1.165, 1.54) is 18.7 Å². The molecule has 19 heavy (non-hydrogen) atoms. The molecule has 2 rings (SSSR count). The van der Waals surface area contributed by atoms with Crippen LogP contribution in [-0.4, -0.2) is 13.7 Å². The van der Waals surface area contributed by atoms with E-state index in [0.717, 1.165) is 12.0 Å². The van der Waals surface area contributed by atoms with Gasteiger partial charge in [-0.1, -0.05) is 36.4 Å². The topological polar surface area (TPSA) is 35.2 Å². The second kappa shape index (κ2) is 6.34. The molecule has 2 nitrogen and oxygen atoms in total. The van der Waals surface area contributed by atoms with Gasteiger partial charge in [0, 0.05) is 5.92 Å². The molecule has 2 aromatic rings. The standard InChI is InChI=1S/C16H18FNO/c1-19-16-8-7-13(10-15(16)17)14(11-18)9-12-5-3-2-4-6-12/h2-8,10,14H,9,11,18H2,1H3. The van der Waals surface area contributed by atoms with Crippen molar-refractivity contribution in [1.29, 1.82) is 0 Å². The molecule has 0 aromatic heterocycles. The first-order chi connectivity index (χ1) is 9.24. The molecule has 0 spiro atoms. The van der Waals surface area contributed by atoms with E-state index < -0.39 is 0 Å². The van der Waals surface area contributed by atoms with Crippen LogP contribution >= 0.6 is 0 Å².